The van der Waals surface area contributed by atoms with Crippen LogP contribution in [0, 0.1) is 11.6 Å². The van der Waals surface area contributed by atoms with Crippen LogP contribution in [0.1, 0.15) is 26.3 Å². The lowest BCUT2D eigenvalue weighted by atomic mass is 10.2. The highest BCUT2D eigenvalue weighted by molar-refractivity contribution is 5.80. The number of carboxylic acids is 1. The summed E-state index contributed by atoms with van der Waals surface area (Å²) < 4.78 is 36.1. The van der Waals surface area contributed by atoms with Crippen molar-refractivity contribution in [2.45, 2.75) is 39.0 Å². The molecule has 0 radical (unpaired) electrons. The summed E-state index contributed by atoms with van der Waals surface area (Å²) >= 11 is 0. The number of amides is 1. The second-order valence-electron chi connectivity index (χ2n) is 5.83. The summed E-state index contributed by atoms with van der Waals surface area (Å²) in [5, 5.41) is 11.2. The number of alkyl carbamates (subject to hydrolysis) is 1. The molecule has 0 aliphatic heterocycles. The Morgan fingerprint density at radius 3 is 2.26 bits per heavy atom. The van der Waals surface area contributed by atoms with E-state index in [1.807, 2.05) is 0 Å². The van der Waals surface area contributed by atoms with Crippen LogP contribution in [0.25, 0.3) is 0 Å². The van der Waals surface area contributed by atoms with Crippen molar-refractivity contribution < 1.29 is 33.0 Å². The number of rotatable bonds is 6. The summed E-state index contributed by atoms with van der Waals surface area (Å²) in [6.45, 7) is 4.33. The molecule has 1 rings (SSSR count). The summed E-state index contributed by atoms with van der Waals surface area (Å²) in [6, 6.07) is 1.51. The lowest BCUT2D eigenvalue weighted by molar-refractivity contribution is -0.141. The zero-order valence-corrected chi connectivity index (χ0v) is 13.1. The fourth-order valence-electron chi connectivity index (χ4n) is 1.61. The standard InChI is InChI=1S/C15H19F2NO5/c1-15(2,3)23-14(21)18-12(13(19)20)8-22-7-9-4-10(16)6-11(17)5-9/h4-6,12H,7-8H2,1-3H3,(H,18,21)(H,19,20). The summed E-state index contributed by atoms with van der Waals surface area (Å²) in [5.41, 5.74) is -0.559. The highest BCUT2D eigenvalue weighted by Crippen LogP contribution is 2.10. The Labute approximate surface area is 132 Å². The van der Waals surface area contributed by atoms with Gasteiger partial charge in [0, 0.05) is 6.07 Å². The van der Waals surface area contributed by atoms with E-state index in [0.29, 0.717) is 6.07 Å². The molecule has 1 aromatic carbocycles. The van der Waals surface area contributed by atoms with Crippen LogP contribution in [-0.4, -0.2) is 35.4 Å². The summed E-state index contributed by atoms with van der Waals surface area (Å²) in [4.78, 5) is 22.6. The minimum atomic E-state index is -1.34. The maximum absolute atomic E-state index is 13.0. The first kappa shape index (κ1) is 18.8. The number of halogens is 2. The molecule has 0 bridgehead atoms. The molecule has 0 aromatic heterocycles. The predicted molar refractivity (Wildman–Crippen MR) is 76.8 cm³/mol. The molecule has 0 saturated carbocycles. The maximum Gasteiger partial charge on any atom is 0.408 e. The van der Waals surface area contributed by atoms with Crippen LogP contribution in [0.5, 0.6) is 0 Å². The Kier molecular flexibility index (Phi) is 6.44. The van der Waals surface area contributed by atoms with Crippen LogP contribution in [0.4, 0.5) is 13.6 Å². The zero-order valence-electron chi connectivity index (χ0n) is 13.1. The van der Waals surface area contributed by atoms with Gasteiger partial charge in [0.05, 0.1) is 13.2 Å². The van der Waals surface area contributed by atoms with Crippen molar-refractivity contribution in [3.8, 4) is 0 Å². The van der Waals surface area contributed by atoms with Crippen molar-refractivity contribution in [1.82, 2.24) is 5.32 Å². The molecule has 0 fully saturated rings. The first-order valence-electron chi connectivity index (χ1n) is 6.82. The second kappa shape index (κ2) is 7.87. The molecule has 0 aliphatic carbocycles. The average molecular weight is 331 g/mol. The zero-order chi connectivity index (χ0) is 17.6. The fourth-order valence-corrected chi connectivity index (χ4v) is 1.61. The van der Waals surface area contributed by atoms with Gasteiger partial charge < -0.3 is 19.9 Å². The van der Waals surface area contributed by atoms with Crippen molar-refractivity contribution >= 4 is 12.1 Å². The predicted octanol–water partition coefficient (Wildman–Crippen LogP) is 2.46. The monoisotopic (exact) mass is 331 g/mol. The molecular formula is C15H19F2NO5. The van der Waals surface area contributed by atoms with Gasteiger partial charge in [0.25, 0.3) is 0 Å². The first-order chi connectivity index (χ1) is 10.6. The first-order valence-corrected chi connectivity index (χ1v) is 6.82. The van der Waals surface area contributed by atoms with Gasteiger partial charge in [-0.15, -0.1) is 0 Å². The molecule has 1 aromatic rings. The molecule has 6 nitrogen and oxygen atoms in total. The van der Waals surface area contributed by atoms with Crippen LogP contribution >= 0.6 is 0 Å². The quantitative estimate of drug-likeness (QED) is 0.836. The average Bonchev–Trinajstić information content (AvgIpc) is 2.33. The lowest BCUT2D eigenvalue weighted by Gasteiger charge is -2.22. The molecule has 2 N–H and O–H groups in total. The van der Waals surface area contributed by atoms with Crippen molar-refractivity contribution in [3.05, 3.63) is 35.4 Å². The molecule has 0 aliphatic rings. The van der Waals surface area contributed by atoms with Crippen LogP contribution in [0.2, 0.25) is 0 Å². The van der Waals surface area contributed by atoms with Crippen molar-refractivity contribution in [3.63, 3.8) is 0 Å². The van der Waals surface area contributed by atoms with E-state index >= 15 is 0 Å². The van der Waals surface area contributed by atoms with E-state index in [-0.39, 0.29) is 18.8 Å². The van der Waals surface area contributed by atoms with E-state index in [2.05, 4.69) is 5.32 Å². The van der Waals surface area contributed by atoms with Gasteiger partial charge in [-0.3, -0.25) is 0 Å². The molecule has 0 saturated heterocycles. The maximum atomic E-state index is 13.0. The molecule has 128 valence electrons. The van der Waals surface area contributed by atoms with E-state index < -0.39 is 35.3 Å². The minimum Gasteiger partial charge on any atom is -0.480 e. The van der Waals surface area contributed by atoms with Gasteiger partial charge in [-0.2, -0.15) is 0 Å². The van der Waals surface area contributed by atoms with Crippen LogP contribution < -0.4 is 5.32 Å². The van der Waals surface area contributed by atoms with Gasteiger partial charge in [0.2, 0.25) is 0 Å². The number of carbonyl (C=O) groups excluding carboxylic acids is 1. The highest BCUT2D eigenvalue weighted by atomic mass is 19.1. The number of hydrogen-bond donors (Lipinski definition) is 2. The minimum absolute atomic E-state index is 0.200. The Hall–Kier alpha value is -2.22. The van der Waals surface area contributed by atoms with E-state index in [1.54, 1.807) is 20.8 Å². The molecule has 1 atom stereocenters. The van der Waals surface area contributed by atoms with Crippen molar-refractivity contribution in [1.29, 1.82) is 0 Å². The molecule has 8 heteroatoms. The third-order valence-electron chi connectivity index (χ3n) is 2.46. The number of aliphatic carboxylic acids is 1. The van der Waals surface area contributed by atoms with E-state index in [9.17, 15) is 18.4 Å². The number of ether oxygens (including phenoxy) is 2. The summed E-state index contributed by atoms with van der Waals surface area (Å²) in [5.74, 6) is -2.84. The summed E-state index contributed by atoms with van der Waals surface area (Å²) in [6.07, 6.45) is -0.898. The molecule has 23 heavy (non-hydrogen) atoms. The SMILES string of the molecule is CC(C)(C)OC(=O)NC(COCc1cc(F)cc(F)c1)C(=O)O. The topological polar surface area (TPSA) is 84.9 Å². The van der Waals surface area contributed by atoms with Gasteiger partial charge in [-0.05, 0) is 38.5 Å². The third-order valence-corrected chi connectivity index (χ3v) is 2.46. The number of benzene rings is 1. The Bertz CT molecular complexity index is 551. The Balaban J connectivity index is 2.53. The molecule has 1 unspecified atom stereocenters. The van der Waals surface area contributed by atoms with E-state index in [1.165, 1.54) is 0 Å². The largest absolute Gasteiger partial charge is 0.480 e. The van der Waals surface area contributed by atoms with Gasteiger partial charge in [0.15, 0.2) is 6.04 Å². The normalized spacial score (nSPS) is 12.6. The molecule has 0 spiro atoms. The van der Waals surface area contributed by atoms with Gasteiger partial charge in [-0.25, -0.2) is 18.4 Å². The van der Waals surface area contributed by atoms with Gasteiger partial charge in [-0.1, -0.05) is 0 Å². The smallest absolute Gasteiger partial charge is 0.408 e. The fraction of sp³-hybridized carbons (Fsp3) is 0.467. The Morgan fingerprint density at radius 1 is 1.22 bits per heavy atom. The highest BCUT2D eigenvalue weighted by Gasteiger charge is 2.24. The van der Waals surface area contributed by atoms with Crippen LogP contribution in [-0.2, 0) is 20.9 Å². The van der Waals surface area contributed by atoms with E-state index in [4.69, 9.17) is 14.6 Å². The number of carbonyl (C=O) groups is 2. The summed E-state index contributed by atoms with van der Waals surface area (Å²) in [7, 11) is 0. The van der Waals surface area contributed by atoms with Crippen LogP contribution in [0.3, 0.4) is 0 Å². The number of hydrogen-bond acceptors (Lipinski definition) is 4. The van der Waals surface area contributed by atoms with E-state index in [0.717, 1.165) is 12.1 Å². The second-order valence-corrected chi connectivity index (χ2v) is 5.83. The van der Waals surface area contributed by atoms with Gasteiger partial charge >= 0.3 is 12.1 Å². The third kappa shape index (κ3) is 7.55. The number of carboxylic acid groups (broad SMARTS) is 1. The Morgan fingerprint density at radius 2 is 1.78 bits per heavy atom. The lowest BCUT2D eigenvalue weighted by Crippen LogP contribution is -2.46. The molecule has 1 amide bonds. The van der Waals surface area contributed by atoms with Crippen molar-refractivity contribution in [2.24, 2.45) is 0 Å². The van der Waals surface area contributed by atoms with Gasteiger partial charge in [0.1, 0.15) is 17.2 Å². The van der Waals surface area contributed by atoms with Crippen molar-refractivity contribution in [2.75, 3.05) is 6.61 Å². The number of nitrogens with one attached hydrogen (secondary N) is 1. The molecular weight excluding hydrogens is 312 g/mol. The van der Waals surface area contributed by atoms with Crippen LogP contribution in [0.15, 0.2) is 18.2 Å². The molecule has 0 heterocycles.